The van der Waals surface area contributed by atoms with Crippen molar-refractivity contribution in [1.82, 2.24) is 0 Å². The number of halogens is 1. The van der Waals surface area contributed by atoms with Crippen molar-refractivity contribution >= 4 is 29.1 Å². The third kappa shape index (κ3) is 0.967. The number of rotatable bonds is 0. The van der Waals surface area contributed by atoms with Gasteiger partial charge in [-0.25, -0.2) is 4.42 Å². The zero-order valence-corrected chi connectivity index (χ0v) is 7.19. The maximum atomic E-state index is 11.3. The van der Waals surface area contributed by atoms with Gasteiger partial charge in [-0.05, 0) is 12.1 Å². The predicted octanol–water partition coefficient (Wildman–Crippen LogP) is 1.21. The number of fused-ring (bicyclic) bond motifs is 1. The first kappa shape index (κ1) is 7.98. The summed E-state index contributed by atoms with van der Waals surface area (Å²) in [5.74, 6) is -0.509. The Balaban J connectivity index is 2.74. The minimum atomic E-state index is -0.509. The molecule has 0 spiro atoms. The highest BCUT2D eigenvalue weighted by molar-refractivity contribution is 6.61. The van der Waals surface area contributed by atoms with Crippen LogP contribution in [0.3, 0.4) is 0 Å². The van der Waals surface area contributed by atoms with Crippen LogP contribution in [0.1, 0.15) is 5.56 Å². The lowest BCUT2D eigenvalue weighted by Gasteiger charge is -2.01. The number of amides is 1. The van der Waals surface area contributed by atoms with Crippen LogP contribution in [-0.2, 0) is 4.79 Å². The molecule has 0 radical (unpaired) electrons. The maximum Gasteiger partial charge on any atom is 0.390 e. The number of benzene rings is 1. The molecule has 0 aliphatic carbocycles. The topological polar surface area (TPSA) is 56.7 Å². The summed E-state index contributed by atoms with van der Waals surface area (Å²) in [4.78, 5) is 14.2. The minimum absolute atomic E-state index is 0.0226. The van der Waals surface area contributed by atoms with Crippen LogP contribution in [0.15, 0.2) is 24.3 Å². The van der Waals surface area contributed by atoms with E-state index >= 15 is 0 Å². The molecular formula is C8H4ClN3O. The molecule has 0 aromatic heterocycles. The molecule has 1 aliphatic rings. The second-order valence-corrected chi connectivity index (χ2v) is 2.89. The first-order valence-electron chi connectivity index (χ1n) is 3.57. The number of carbonyl (C=O) groups excluding carboxylic acids is 1. The zero-order chi connectivity index (χ0) is 9.42. The van der Waals surface area contributed by atoms with E-state index in [1.165, 1.54) is 0 Å². The van der Waals surface area contributed by atoms with Crippen LogP contribution in [0, 0.1) is 0 Å². The number of nitrogens with zero attached hydrogens (tertiary/aromatic N) is 3. The van der Waals surface area contributed by atoms with Crippen LogP contribution in [0.5, 0.6) is 0 Å². The first-order chi connectivity index (χ1) is 6.25. The lowest BCUT2D eigenvalue weighted by atomic mass is 10.1. The normalized spacial score (nSPS) is 14.4. The quantitative estimate of drug-likeness (QED) is 0.347. The van der Waals surface area contributed by atoms with Crippen LogP contribution in [0.2, 0.25) is 0 Å². The number of anilines is 1. The van der Waals surface area contributed by atoms with E-state index < -0.39 is 5.91 Å². The van der Waals surface area contributed by atoms with Crippen molar-refractivity contribution < 1.29 is 9.58 Å². The summed E-state index contributed by atoms with van der Waals surface area (Å²) < 4.78 is 0.935. The summed E-state index contributed by atoms with van der Waals surface area (Å²) >= 11 is 5.66. The highest BCUT2D eigenvalue weighted by Gasteiger charge is 2.39. The van der Waals surface area contributed by atoms with E-state index in [0.717, 1.165) is 4.42 Å². The Hall–Kier alpha value is -1.64. The average Bonchev–Trinajstić information content (AvgIpc) is 2.41. The maximum absolute atomic E-state index is 11.3. The van der Waals surface area contributed by atoms with E-state index in [-0.39, 0.29) is 5.71 Å². The Morgan fingerprint density at radius 1 is 1.38 bits per heavy atom. The molecule has 4 nitrogen and oxygen atoms in total. The second kappa shape index (κ2) is 2.69. The molecule has 0 N–H and O–H groups in total. The molecule has 0 saturated heterocycles. The number of para-hydroxylation sites is 1. The highest BCUT2D eigenvalue weighted by Crippen LogP contribution is 2.29. The van der Waals surface area contributed by atoms with Crippen molar-refractivity contribution in [2.24, 2.45) is 0 Å². The van der Waals surface area contributed by atoms with Gasteiger partial charge in [0.15, 0.2) is 0 Å². The Labute approximate surface area is 79.1 Å². The molecule has 0 atom stereocenters. The van der Waals surface area contributed by atoms with Crippen LogP contribution >= 0.6 is 11.8 Å². The van der Waals surface area contributed by atoms with Gasteiger partial charge in [0.2, 0.25) is 0 Å². The fourth-order valence-corrected chi connectivity index (χ4v) is 1.49. The van der Waals surface area contributed by atoms with Crippen LogP contribution in [-0.4, -0.2) is 16.4 Å². The van der Waals surface area contributed by atoms with Gasteiger partial charge in [0.05, 0.1) is 11.3 Å². The fraction of sp³-hybridized carbons (Fsp3) is 0. The monoisotopic (exact) mass is 193 g/mol. The largest absolute Gasteiger partial charge is 0.390 e. The third-order valence-corrected chi connectivity index (χ3v) is 2.19. The zero-order valence-electron chi connectivity index (χ0n) is 6.44. The van der Waals surface area contributed by atoms with Crippen molar-refractivity contribution in [2.75, 3.05) is 4.42 Å². The van der Waals surface area contributed by atoms with Crippen molar-refractivity contribution in [3.8, 4) is 0 Å². The van der Waals surface area contributed by atoms with E-state index in [1.54, 1.807) is 24.3 Å². The van der Waals surface area contributed by atoms with Gasteiger partial charge in [-0.2, -0.15) is 4.79 Å². The van der Waals surface area contributed by atoms with Crippen molar-refractivity contribution in [3.05, 3.63) is 35.4 Å². The summed E-state index contributed by atoms with van der Waals surface area (Å²) in [6.45, 7) is 0. The molecule has 1 aliphatic heterocycles. The summed E-state index contributed by atoms with van der Waals surface area (Å²) in [5, 5.41) is 0. The second-order valence-electron chi connectivity index (χ2n) is 2.55. The Kier molecular flexibility index (Phi) is 1.65. The molecule has 2 rings (SSSR count). The molecule has 1 aromatic rings. The van der Waals surface area contributed by atoms with Gasteiger partial charge in [-0.15, -0.1) is 0 Å². The van der Waals surface area contributed by atoms with E-state index in [1.807, 2.05) is 0 Å². The number of hydrogen-bond acceptors (Lipinski definition) is 1. The molecule has 0 saturated carbocycles. The molecular weight excluding hydrogens is 190 g/mol. The Bertz CT molecular complexity index is 437. The van der Waals surface area contributed by atoms with Crippen LogP contribution in [0.4, 0.5) is 5.69 Å². The number of carbonyl (C=O) groups is 1. The summed E-state index contributed by atoms with van der Waals surface area (Å²) in [6.07, 6.45) is 0. The third-order valence-electron chi connectivity index (χ3n) is 1.85. The number of hydrogen-bond donors (Lipinski definition) is 0. The highest BCUT2D eigenvalue weighted by atomic mass is 35.5. The summed E-state index contributed by atoms with van der Waals surface area (Å²) in [6, 6.07) is 6.85. The van der Waals surface area contributed by atoms with E-state index in [4.69, 9.17) is 17.3 Å². The fourth-order valence-electron chi connectivity index (χ4n) is 1.26. The molecule has 64 valence electrons. The van der Waals surface area contributed by atoms with E-state index in [9.17, 15) is 4.79 Å². The van der Waals surface area contributed by atoms with Gasteiger partial charge in [0, 0.05) is 11.8 Å². The molecule has 0 bridgehead atoms. The lowest BCUT2D eigenvalue weighted by molar-refractivity contribution is -0.115. The van der Waals surface area contributed by atoms with Crippen LogP contribution in [0.25, 0.3) is 5.53 Å². The molecule has 1 amide bonds. The SMILES string of the molecule is [N-]=[N+]=C1C(=O)N(Cl)c2ccccc21. The van der Waals surface area contributed by atoms with Gasteiger partial charge >= 0.3 is 11.6 Å². The Morgan fingerprint density at radius 3 is 2.77 bits per heavy atom. The van der Waals surface area contributed by atoms with Gasteiger partial charge in [0.25, 0.3) is 0 Å². The standard InChI is InChI=1S/C8H4ClN3O/c9-12-6-4-2-1-3-5(6)7(11-10)8(12)13/h1-4H. The molecule has 0 unspecified atom stereocenters. The lowest BCUT2D eigenvalue weighted by Crippen LogP contribution is -2.21. The summed E-state index contributed by atoms with van der Waals surface area (Å²) in [7, 11) is 0. The average molecular weight is 194 g/mol. The van der Waals surface area contributed by atoms with E-state index in [0.29, 0.717) is 11.3 Å². The van der Waals surface area contributed by atoms with Crippen molar-refractivity contribution in [1.29, 1.82) is 0 Å². The molecule has 5 heteroatoms. The van der Waals surface area contributed by atoms with Gasteiger partial charge in [-0.1, -0.05) is 12.1 Å². The predicted molar refractivity (Wildman–Crippen MR) is 47.5 cm³/mol. The molecule has 13 heavy (non-hydrogen) atoms. The van der Waals surface area contributed by atoms with Crippen molar-refractivity contribution in [3.63, 3.8) is 0 Å². The first-order valence-corrected chi connectivity index (χ1v) is 3.91. The molecule has 1 heterocycles. The Morgan fingerprint density at radius 2 is 2.08 bits per heavy atom. The van der Waals surface area contributed by atoms with Gasteiger partial charge in [0.1, 0.15) is 0 Å². The summed E-state index contributed by atoms with van der Waals surface area (Å²) in [5.41, 5.74) is 9.65. The minimum Gasteiger partial charge on any atom is -0.361 e. The van der Waals surface area contributed by atoms with E-state index in [2.05, 4.69) is 4.79 Å². The van der Waals surface area contributed by atoms with Gasteiger partial charge in [-0.3, -0.25) is 4.79 Å². The van der Waals surface area contributed by atoms with Crippen LogP contribution < -0.4 is 4.42 Å². The molecule has 0 fully saturated rings. The van der Waals surface area contributed by atoms with Gasteiger partial charge < -0.3 is 5.53 Å². The molecule has 1 aromatic carbocycles. The smallest absolute Gasteiger partial charge is 0.361 e. The van der Waals surface area contributed by atoms with Crippen molar-refractivity contribution in [2.45, 2.75) is 0 Å².